The minimum absolute atomic E-state index is 0.0516. The molecule has 1 heterocycles. The Morgan fingerprint density at radius 2 is 2.05 bits per heavy atom. The first-order chi connectivity index (χ1) is 10.4. The van der Waals surface area contributed by atoms with E-state index in [1.807, 2.05) is 0 Å². The van der Waals surface area contributed by atoms with E-state index in [0.29, 0.717) is 19.4 Å². The molecule has 2 unspecified atom stereocenters. The van der Waals surface area contributed by atoms with Crippen LogP contribution in [0.4, 0.5) is 8.78 Å². The molecule has 2 rings (SSSR count). The molecule has 0 aromatic heterocycles. The van der Waals surface area contributed by atoms with Crippen molar-refractivity contribution in [3.63, 3.8) is 0 Å². The van der Waals surface area contributed by atoms with Gasteiger partial charge in [0.05, 0.1) is 16.7 Å². The lowest BCUT2D eigenvalue weighted by Gasteiger charge is -2.31. The molecule has 1 fully saturated rings. The lowest BCUT2D eigenvalue weighted by Crippen LogP contribution is -2.45. The fourth-order valence-corrected chi connectivity index (χ4v) is 3.37. The van der Waals surface area contributed by atoms with Gasteiger partial charge in [-0.2, -0.15) is 0 Å². The second-order valence-electron chi connectivity index (χ2n) is 5.15. The molecule has 0 radical (unpaired) electrons. The zero-order valence-electron chi connectivity index (χ0n) is 11.8. The molecule has 8 heteroatoms. The van der Waals surface area contributed by atoms with Crippen LogP contribution >= 0.6 is 0 Å². The smallest absolute Gasteiger partial charge is 0.235 e. The van der Waals surface area contributed by atoms with Gasteiger partial charge in [-0.1, -0.05) is 0 Å². The summed E-state index contributed by atoms with van der Waals surface area (Å²) < 4.78 is 38.0. The number of rotatable bonds is 4. The standard InChI is InChI=1S/C14H16F2N2O3S/c15-11-4-3-10(6-12(11)16)22(21)8-13(19)18-5-1-2-9(7-18)14(17)20/h3-4,6,9H,1-2,5,7-8H2,(H2,17,20). The summed E-state index contributed by atoms with van der Waals surface area (Å²) in [5, 5.41) is 0. The molecule has 1 saturated heterocycles. The molecule has 0 aliphatic carbocycles. The first kappa shape index (κ1) is 16.5. The van der Waals surface area contributed by atoms with Gasteiger partial charge < -0.3 is 10.6 Å². The molecule has 0 bridgehead atoms. The van der Waals surface area contributed by atoms with E-state index in [0.717, 1.165) is 12.1 Å². The maximum absolute atomic E-state index is 13.1. The molecule has 1 aliphatic heterocycles. The average molecular weight is 330 g/mol. The van der Waals surface area contributed by atoms with Gasteiger partial charge in [0.2, 0.25) is 11.8 Å². The van der Waals surface area contributed by atoms with E-state index in [-0.39, 0.29) is 17.2 Å². The maximum atomic E-state index is 13.1. The van der Waals surface area contributed by atoms with E-state index in [9.17, 15) is 22.6 Å². The summed E-state index contributed by atoms with van der Waals surface area (Å²) >= 11 is 0. The number of nitrogens with zero attached hydrogens (tertiary/aromatic N) is 1. The number of likely N-dealkylation sites (tertiary alicyclic amines) is 1. The van der Waals surface area contributed by atoms with Crippen molar-refractivity contribution in [3.8, 4) is 0 Å². The van der Waals surface area contributed by atoms with Crippen molar-refractivity contribution in [2.24, 2.45) is 11.7 Å². The van der Waals surface area contributed by atoms with Crippen LogP contribution in [0.2, 0.25) is 0 Å². The highest BCUT2D eigenvalue weighted by Gasteiger charge is 2.27. The number of hydrogen-bond donors (Lipinski definition) is 1. The van der Waals surface area contributed by atoms with Crippen LogP contribution in [0.5, 0.6) is 0 Å². The molecule has 1 aromatic rings. The Balaban J connectivity index is 2.00. The Hall–Kier alpha value is -1.83. The first-order valence-corrected chi connectivity index (χ1v) is 8.11. The van der Waals surface area contributed by atoms with Gasteiger partial charge >= 0.3 is 0 Å². The molecule has 2 amide bonds. The number of hydrogen-bond acceptors (Lipinski definition) is 3. The summed E-state index contributed by atoms with van der Waals surface area (Å²) in [5.74, 6) is -3.73. The molecular weight excluding hydrogens is 314 g/mol. The molecule has 5 nitrogen and oxygen atoms in total. The summed E-state index contributed by atoms with van der Waals surface area (Å²) in [4.78, 5) is 24.8. The lowest BCUT2D eigenvalue weighted by atomic mass is 9.97. The van der Waals surface area contributed by atoms with Gasteiger partial charge in [0, 0.05) is 18.0 Å². The van der Waals surface area contributed by atoms with E-state index in [1.165, 1.54) is 11.0 Å². The van der Waals surface area contributed by atoms with Crippen molar-refractivity contribution >= 4 is 22.6 Å². The molecule has 120 valence electrons. The summed E-state index contributed by atoms with van der Waals surface area (Å²) in [5.41, 5.74) is 5.24. The number of amides is 2. The topological polar surface area (TPSA) is 80.5 Å². The maximum Gasteiger partial charge on any atom is 0.235 e. The van der Waals surface area contributed by atoms with Crippen LogP contribution in [0, 0.1) is 17.6 Å². The normalized spacial score (nSPS) is 19.7. The predicted octanol–water partition coefficient (Wildman–Crippen LogP) is 0.796. The summed E-state index contributed by atoms with van der Waals surface area (Å²) in [6, 6.07) is 2.88. The number of nitrogens with two attached hydrogens (primary N) is 1. The highest BCUT2D eigenvalue weighted by molar-refractivity contribution is 7.85. The second-order valence-corrected chi connectivity index (χ2v) is 6.60. The Morgan fingerprint density at radius 1 is 1.32 bits per heavy atom. The monoisotopic (exact) mass is 330 g/mol. The van der Waals surface area contributed by atoms with Gasteiger partial charge in [-0.05, 0) is 31.0 Å². The van der Waals surface area contributed by atoms with E-state index in [4.69, 9.17) is 5.73 Å². The van der Waals surface area contributed by atoms with Gasteiger partial charge in [-0.3, -0.25) is 13.8 Å². The van der Waals surface area contributed by atoms with Crippen molar-refractivity contribution in [3.05, 3.63) is 29.8 Å². The van der Waals surface area contributed by atoms with Gasteiger partial charge in [0.15, 0.2) is 11.6 Å². The minimum atomic E-state index is -1.77. The SMILES string of the molecule is NC(=O)C1CCCN(C(=O)CS(=O)c2ccc(F)c(F)c2)C1. The van der Waals surface area contributed by atoms with Crippen LogP contribution in [0.3, 0.4) is 0 Å². The molecule has 0 saturated carbocycles. The molecule has 2 atom stereocenters. The molecule has 1 aromatic carbocycles. The highest BCUT2D eigenvalue weighted by atomic mass is 32.2. The molecule has 1 aliphatic rings. The zero-order chi connectivity index (χ0) is 16.3. The number of halogens is 2. The molecular formula is C14H16F2N2O3S. The van der Waals surface area contributed by atoms with Crippen molar-refractivity contribution in [2.45, 2.75) is 17.7 Å². The van der Waals surface area contributed by atoms with Crippen molar-refractivity contribution in [2.75, 3.05) is 18.8 Å². The predicted molar refractivity (Wildman–Crippen MR) is 76.1 cm³/mol. The number of primary amides is 1. The number of carbonyl (C=O) groups excluding carboxylic acids is 2. The van der Waals surface area contributed by atoms with Crippen molar-refractivity contribution in [1.82, 2.24) is 4.90 Å². The van der Waals surface area contributed by atoms with E-state index < -0.39 is 40.2 Å². The fraction of sp³-hybridized carbons (Fsp3) is 0.429. The van der Waals surface area contributed by atoms with Crippen LogP contribution < -0.4 is 5.73 Å². The van der Waals surface area contributed by atoms with Crippen LogP contribution in [-0.2, 0) is 20.4 Å². The second kappa shape index (κ2) is 6.95. The number of carbonyl (C=O) groups is 2. The first-order valence-electron chi connectivity index (χ1n) is 6.79. The van der Waals surface area contributed by atoms with Gasteiger partial charge in [-0.15, -0.1) is 0 Å². The zero-order valence-corrected chi connectivity index (χ0v) is 12.6. The van der Waals surface area contributed by atoms with Crippen LogP contribution in [0.25, 0.3) is 0 Å². The third-order valence-electron chi connectivity index (χ3n) is 3.58. The Kier molecular flexibility index (Phi) is 5.23. The molecule has 2 N–H and O–H groups in total. The van der Waals surface area contributed by atoms with Crippen LogP contribution in [-0.4, -0.2) is 39.8 Å². The fourth-order valence-electron chi connectivity index (χ4n) is 2.34. The average Bonchev–Trinajstić information content (AvgIpc) is 2.50. The van der Waals surface area contributed by atoms with E-state index in [1.54, 1.807) is 0 Å². The van der Waals surface area contributed by atoms with Gasteiger partial charge in [-0.25, -0.2) is 8.78 Å². The summed E-state index contributed by atoms with van der Waals surface area (Å²) in [7, 11) is -1.77. The molecule has 22 heavy (non-hydrogen) atoms. The van der Waals surface area contributed by atoms with Crippen LogP contribution in [0.1, 0.15) is 12.8 Å². The minimum Gasteiger partial charge on any atom is -0.369 e. The third-order valence-corrected chi connectivity index (χ3v) is 4.87. The molecule has 0 spiro atoms. The Morgan fingerprint density at radius 3 is 2.68 bits per heavy atom. The third kappa shape index (κ3) is 3.88. The van der Waals surface area contributed by atoms with E-state index >= 15 is 0 Å². The Bertz CT molecular complexity index is 624. The highest BCUT2D eigenvalue weighted by Crippen LogP contribution is 2.17. The summed E-state index contributed by atoms with van der Waals surface area (Å²) in [6.45, 7) is 0.681. The van der Waals surface area contributed by atoms with Crippen LogP contribution in [0.15, 0.2) is 23.1 Å². The number of piperidine rings is 1. The van der Waals surface area contributed by atoms with Gasteiger partial charge in [0.25, 0.3) is 0 Å². The van der Waals surface area contributed by atoms with Crippen molar-refractivity contribution in [1.29, 1.82) is 0 Å². The summed E-state index contributed by atoms with van der Waals surface area (Å²) in [6.07, 6.45) is 1.28. The van der Waals surface area contributed by atoms with E-state index in [2.05, 4.69) is 0 Å². The van der Waals surface area contributed by atoms with Crippen molar-refractivity contribution < 1.29 is 22.6 Å². The Labute approximate surface area is 128 Å². The quantitative estimate of drug-likeness (QED) is 0.886. The lowest BCUT2D eigenvalue weighted by molar-refractivity contribution is -0.132. The largest absolute Gasteiger partial charge is 0.369 e. The number of benzene rings is 1. The van der Waals surface area contributed by atoms with Gasteiger partial charge in [0.1, 0.15) is 5.75 Å².